The Morgan fingerprint density at radius 1 is 0.900 bits per heavy atom. The third-order valence-electron chi connectivity index (χ3n) is 8.15. The van der Waals surface area contributed by atoms with Crippen LogP contribution in [0.5, 0.6) is 0 Å². The molecule has 30 heavy (non-hydrogen) atoms. The zero-order chi connectivity index (χ0) is 20.9. The molecule has 0 atom stereocenters. The van der Waals surface area contributed by atoms with Gasteiger partial charge >= 0.3 is 0 Å². The second-order valence-electron chi connectivity index (χ2n) is 10.0. The summed E-state index contributed by atoms with van der Waals surface area (Å²) in [7, 11) is 0. The number of hydrogen-bond donors (Lipinski definition) is 0. The summed E-state index contributed by atoms with van der Waals surface area (Å²) in [6.07, 6.45) is 17.3. The van der Waals surface area contributed by atoms with Gasteiger partial charge in [0.05, 0.1) is 0 Å². The van der Waals surface area contributed by atoms with Crippen LogP contribution >= 0.6 is 0 Å². The first-order valence-corrected chi connectivity index (χ1v) is 12.5. The van der Waals surface area contributed by atoms with Crippen molar-refractivity contribution in [2.24, 2.45) is 17.8 Å². The van der Waals surface area contributed by atoms with Gasteiger partial charge < -0.3 is 0 Å². The minimum atomic E-state index is 0.0440. The van der Waals surface area contributed by atoms with Crippen molar-refractivity contribution >= 4 is 10.8 Å². The summed E-state index contributed by atoms with van der Waals surface area (Å²) in [6, 6.07) is 10.6. The van der Waals surface area contributed by atoms with E-state index in [9.17, 15) is 0 Å². The average molecular weight is 407 g/mol. The van der Waals surface area contributed by atoms with E-state index < -0.39 is 0 Å². The van der Waals surface area contributed by atoms with E-state index in [0.29, 0.717) is 5.92 Å². The first kappa shape index (κ1) is 21.6. The minimum absolute atomic E-state index is 0.0440. The molecule has 2 aromatic carbocycles. The molecule has 0 nitrogen and oxygen atoms in total. The van der Waals surface area contributed by atoms with Gasteiger partial charge in [0.1, 0.15) is 5.82 Å². The van der Waals surface area contributed by atoms with Gasteiger partial charge in [0, 0.05) is 5.39 Å². The van der Waals surface area contributed by atoms with Gasteiger partial charge in [-0.05, 0) is 104 Å². The van der Waals surface area contributed by atoms with Gasteiger partial charge in [-0.3, -0.25) is 0 Å². The molecule has 0 spiro atoms. The Morgan fingerprint density at radius 2 is 1.60 bits per heavy atom. The van der Waals surface area contributed by atoms with Crippen LogP contribution in [-0.2, 0) is 6.42 Å². The van der Waals surface area contributed by atoms with Crippen molar-refractivity contribution in [3.63, 3.8) is 0 Å². The Hall–Kier alpha value is -1.63. The molecule has 2 aliphatic carbocycles. The number of aryl methyl sites for hydroxylation is 1. The zero-order valence-corrected chi connectivity index (χ0v) is 18.8. The summed E-state index contributed by atoms with van der Waals surface area (Å²) >= 11 is 0. The molecule has 162 valence electrons. The van der Waals surface area contributed by atoms with Gasteiger partial charge in [0.15, 0.2) is 0 Å². The van der Waals surface area contributed by atoms with Gasteiger partial charge in [-0.25, -0.2) is 4.39 Å². The van der Waals surface area contributed by atoms with Crippen LogP contribution in [-0.4, -0.2) is 0 Å². The number of benzene rings is 2. The predicted molar refractivity (Wildman–Crippen MR) is 127 cm³/mol. The molecule has 0 heterocycles. The molecule has 2 saturated carbocycles. The Balaban J connectivity index is 1.39. The summed E-state index contributed by atoms with van der Waals surface area (Å²) in [5.41, 5.74) is 2.31. The SMILES string of the molecule is C=CC1CCC(C2CCC(c3ccc4cc(CCCCC)ccc4c3F)CC2)CC1. The first-order chi connectivity index (χ1) is 14.7. The number of fused-ring (bicyclic) bond motifs is 1. The third-order valence-corrected chi connectivity index (χ3v) is 8.15. The van der Waals surface area contributed by atoms with Crippen molar-refractivity contribution in [2.45, 2.75) is 89.9 Å². The van der Waals surface area contributed by atoms with Crippen LogP contribution in [0.15, 0.2) is 43.0 Å². The minimum Gasteiger partial charge on any atom is -0.206 e. The van der Waals surface area contributed by atoms with Crippen molar-refractivity contribution in [2.75, 3.05) is 0 Å². The molecule has 0 amide bonds. The van der Waals surface area contributed by atoms with Crippen LogP contribution < -0.4 is 0 Å². The summed E-state index contributed by atoms with van der Waals surface area (Å²) in [6.45, 7) is 6.22. The number of unbranched alkanes of at least 4 members (excludes halogenated alkanes) is 2. The fourth-order valence-electron chi connectivity index (χ4n) is 6.16. The normalized spacial score (nSPS) is 27.3. The molecule has 2 aromatic rings. The predicted octanol–water partition coefficient (Wildman–Crippen LogP) is 8.98. The van der Waals surface area contributed by atoms with Gasteiger partial charge in [-0.15, -0.1) is 6.58 Å². The number of allylic oxidation sites excluding steroid dienone is 1. The molecule has 0 N–H and O–H groups in total. The van der Waals surface area contributed by atoms with Gasteiger partial charge in [0.2, 0.25) is 0 Å². The molecule has 2 fully saturated rings. The molecular formula is C29H39F. The van der Waals surface area contributed by atoms with Crippen molar-refractivity contribution < 1.29 is 4.39 Å². The van der Waals surface area contributed by atoms with Gasteiger partial charge in [-0.1, -0.05) is 56.2 Å². The molecule has 1 heteroatoms. The van der Waals surface area contributed by atoms with E-state index in [-0.39, 0.29) is 5.82 Å². The Morgan fingerprint density at radius 3 is 2.27 bits per heavy atom. The van der Waals surface area contributed by atoms with E-state index >= 15 is 4.39 Å². The summed E-state index contributed by atoms with van der Waals surface area (Å²) in [5, 5.41) is 1.88. The molecule has 2 aliphatic rings. The second-order valence-corrected chi connectivity index (χ2v) is 10.0. The monoisotopic (exact) mass is 406 g/mol. The Kier molecular flexibility index (Phi) is 7.28. The average Bonchev–Trinajstić information content (AvgIpc) is 2.80. The molecule has 0 radical (unpaired) electrons. The van der Waals surface area contributed by atoms with Crippen LogP contribution in [0.2, 0.25) is 0 Å². The van der Waals surface area contributed by atoms with Crippen LogP contribution in [0, 0.1) is 23.6 Å². The molecular weight excluding hydrogens is 367 g/mol. The molecule has 0 saturated heterocycles. The molecule has 0 unspecified atom stereocenters. The number of hydrogen-bond acceptors (Lipinski definition) is 0. The maximum Gasteiger partial charge on any atom is 0.134 e. The van der Waals surface area contributed by atoms with Crippen molar-refractivity contribution in [1.82, 2.24) is 0 Å². The quantitative estimate of drug-likeness (QED) is 0.318. The highest BCUT2D eigenvalue weighted by Crippen LogP contribution is 2.45. The standard InChI is InChI=1S/C29H39F/c1-3-5-6-7-22-10-18-28-26(20-22)17-19-27(29(28)30)25-15-13-24(14-16-25)23-11-8-21(4-2)9-12-23/h4,10,17-21,23-25H,2-3,5-9,11-16H2,1H3. The smallest absolute Gasteiger partial charge is 0.134 e. The zero-order valence-electron chi connectivity index (χ0n) is 18.8. The lowest BCUT2D eigenvalue weighted by Crippen LogP contribution is -2.25. The fourth-order valence-corrected chi connectivity index (χ4v) is 6.16. The number of halogens is 1. The maximum atomic E-state index is 15.4. The van der Waals surface area contributed by atoms with E-state index in [4.69, 9.17) is 0 Å². The first-order valence-electron chi connectivity index (χ1n) is 12.5. The van der Waals surface area contributed by atoms with Crippen LogP contribution in [0.1, 0.15) is 94.6 Å². The van der Waals surface area contributed by atoms with E-state index in [2.05, 4.69) is 43.8 Å². The van der Waals surface area contributed by atoms with Crippen molar-refractivity contribution in [1.29, 1.82) is 0 Å². The molecule has 4 rings (SSSR count). The van der Waals surface area contributed by atoms with Crippen LogP contribution in [0.4, 0.5) is 4.39 Å². The van der Waals surface area contributed by atoms with Crippen LogP contribution in [0.25, 0.3) is 10.8 Å². The van der Waals surface area contributed by atoms with Crippen molar-refractivity contribution in [3.8, 4) is 0 Å². The number of rotatable bonds is 7. The van der Waals surface area contributed by atoms with Crippen LogP contribution in [0.3, 0.4) is 0 Å². The van der Waals surface area contributed by atoms with E-state index in [1.807, 2.05) is 6.07 Å². The van der Waals surface area contributed by atoms with E-state index in [0.717, 1.165) is 53.4 Å². The molecule has 0 bridgehead atoms. The summed E-state index contributed by atoms with van der Waals surface area (Å²) in [5.74, 6) is 2.95. The highest BCUT2D eigenvalue weighted by atomic mass is 19.1. The van der Waals surface area contributed by atoms with E-state index in [1.165, 1.54) is 63.4 Å². The summed E-state index contributed by atoms with van der Waals surface area (Å²) < 4.78 is 15.4. The molecule has 0 aliphatic heterocycles. The summed E-state index contributed by atoms with van der Waals surface area (Å²) in [4.78, 5) is 0. The highest BCUT2D eigenvalue weighted by molar-refractivity contribution is 5.84. The van der Waals surface area contributed by atoms with Gasteiger partial charge in [-0.2, -0.15) is 0 Å². The largest absolute Gasteiger partial charge is 0.206 e. The van der Waals surface area contributed by atoms with Crippen molar-refractivity contribution in [3.05, 3.63) is 59.9 Å². The van der Waals surface area contributed by atoms with E-state index in [1.54, 1.807) is 0 Å². The topological polar surface area (TPSA) is 0 Å². The second kappa shape index (κ2) is 10.1. The Bertz CT molecular complexity index is 835. The lowest BCUT2D eigenvalue weighted by atomic mass is 9.68. The maximum absolute atomic E-state index is 15.4. The highest BCUT2D eigenvalue weighted by Gasteiger charge is 2.31. The van der Waals surface area contributed by atoms with Gasteiger partial charge in [0.25, 0.3) is 0 Å². The fraction of sp³-hybridized carbons (Fsp3) is 0.586. The third kappa shape index (κ3) is 4.82. The Labute approximate surface area is 183 Å². The molecule has 0 aromatic heterocycles. The lowest BCUT2D eigenvalue weighted by Gasteiger charge is -2.37. The lowest BCUT2D eigenvalue weighted by molar-refractivity contribution is 0.171.